The number of rotatable bonds is 6. The van der Waals surface area contributed by atoms with Crippen molar-refractivity contribution in [1.29, 1.82) is 0 Å². The highest BCUT2D eigenvalue weighted by atomic mass is 19.1. The molecule has 0 aliphatic carbocycles. The number of para-hydroxylation sites is 1. The minimum atomic E-state index is -0.478. The molecular weight excluding hydrogens is 311 g/mol. The maximum absolute atomic E-state index is 13.8. The van der Waals surface area contributed by atoms with Crippen molar-refractivity contribution in [2.45, 2.75) is 6.92 Å². The van der Waals surface area contributed by atoms with E-state index in [-0.39, 0.29) is 30.6 Å². The lowest BCUT2D eigenvalue weighted by Gasteiger charge is -2.21. The molecule has 0 aromatic heterocycles. The quantitative estimate of drug-likeness (QED) is 0.886. The molecule has 0 radical (unpaired) electrons. The summed E-state index contributed by atoms with van der Waals surface area (Å²) in [5.41, 5.74) is 0.680. The highest BCUT2D eigenvalue weighted by molar-refractivity contribution is 5.94. The Morgan fingerprint density at radius 3 is 2.38 bits per heavy atom. The van der Waals surface area contributed by atoms with Crippen LogP contribution in [0.2, 0.25) is 0 Å². The summed E-state index contributed by atoms with van der Waals surface area (Å²) >= 11 is 0. The van der Waals surface area contributed by atoms with Gasteiger partial charge in [0, 0.05) is 25.6 Å². The monoisotopic (exact) mass is 330 g/mol. The summed E-state index contributed by atoms with van der Waals surface area (Å²) in [6.07, 6.45) is 0. The van der Waals surface area contributed by atoms with Crippen LogP contribution in [-0.2, 0) is 4.79 Å². The molecule has 0 fully saturated rings. The van der Waals surface area contributed by atoms with E-state index in [9.17, 15) is 14.0 Å². The average Bonchev–Trinajstić information content (AvgIpc) is 2.59. The molecule has 2 amide bonds. The third-order valence-electron chi connectivity index (χ3n) is 3.50. The summed E-state index contributed by atoms with van der Waals surface area (Å²) in [4.78, 5) is 25.1. The highest BCUT2D eigenvalue weighted by Gasteiger charge is 2.15. The third kappa shape index (κ3) is 4.32. The molecule has 0 spiro atoms. The number of halogens is 1. The number of benzene rings is 2. The highest BCUT2D eigenvalue weighted by Crippen LogP contribution is 2.18. The standard InChI is InChI=1S/C18H19FN2O3/c1-13(22)21(17-6-4-3-5-16(17)19)12-11-20-18(23)14-7-9-15(24-2)10-8-14/h3-10H,11-12H2,1-2H3,(H,20,23). The predicted octanol–water partition coefficient (Wildman–Crippen LogP) is 2.62. The molecule has 0 bridgehead atoms. The smallest absolute Gasteiger partial charge is 0.251 e. The maximum Gasteiger partial charge on any atom is 0.251 e. The zero-order chi connectivity index (χ0) is 17.5. The van der Waals surface area contributed by atoms with E-state index < -0.39 is 5.82 Å². The van der Waals surface area contributed by atoms with Gasteiger partial charge in [0.1, 0.15) is 11.6 Å². The molecule has 126 valence electrons. The van der Waals surface area contributed by atoms with Gasteiger partial charge >= 0.3 is 0 Å². The van der Waals surface area contributed by atoms with Gasteiger partial charge < -0.3 is 15.0 Å². The first-order valence-electron chi connectivity index (χ1n) is 7.48. The summed E-state index contributed by atoms with van der Waals surface area (Å²) in [5, 5.41) is 2.71. The number of carbonyl (C=O) groups is 2. The second-order valence-electron chi connectivity index (χ2n) is 5.11. The Bertz CT molecular complexity index is 716. The molecule has 0 saturated heterocycles. The Hall–Kier alpha value is -2.89. The molecule has 0 atom stereocenters. The average molecular weight is 330 g/mol. The molecule has 0 aliphatic rings. The van der Waals surface area contributed by atoms with Gasteiger partial charge in [-0.05, 0) is 36.4 Å². The molecule has 0 aliphatic heterocycles. The Labute approximate surface area is 140 Å². The molecule has 6 heteroatoms. The Morgan fingerprint density at radius 2 is 1.79 bits per heavy atom. The van der Waals surface area contributed by atoms with Crippen LogP contribution in [0.3, 0.4) is 0 Å². The van der Waals surface area contributed by atoms with Crippen LogP contribution in [-0.4, -0.2) is 32.0 Å². The van der Waals surface area contributed by atoms with Crippen LogP contribution >= 0.6 is 0 Å². The number of ether oxygens (including phenoxy) is 1. The zero-order valence-corrected chi connectivity index (χ0v) is 13.6. The number of methoxy groups -OCH3 is 1. The number of hydrogen-bond acceptors (Lipinski definition) is 3. The number of carbonyl (C=O) groups excluding carboxylic acids is 2. The van der Waals surface area contributed by atoms with E-state index in [0.717, 1.165) is 0 Å². The third-order valence-corrected chi connectivity index (χ3v) is 3.50. The van der Waals surface area contributed by atoms with Gasteiger partial charge in [-0.1, -0.05) is 12.1 Å². The van der Waals surface area contributed by atoms with Gasteiger partial charge in [0.25, 0.3) is 5.91 Å². The minimum absolute atomic E-state index is 0.179. The first-order valence-corrected chi connectivity index (χ1v) is 7.48. The summed E-state index contributed by atoms with van der Waals surface area (Å²) in [6.45, 7) is 1.74. The maximum atomic E-state index is 13.8. The first kappa shape index (κ1) is 17.5. The molecule has 2 aromatic rings. The van der Waals surface area contributed by atoms with E-state index in [1.165, 1.54) is 24.0 Å². The largest absolute Gasteiger partial charge is 0.497 e. The van der Waals surface area contributed by atoms with Crippen molar-refractivity contribution in [3.8, 4) is 5.75 Å². The fraction of sp³-hybridized carbons (Fsp3) is 0.222. The number of anilines is 1. The Kier molecular flexibility index (Phi) is 5.89. The fourth-order valence-electron chi connectivity index (χ4n) is 2.24. The number of hydrogen-bond donors (Lipinski definition) is 1. The Balaban J connectivity index is 1.96. The van der Waals surface area contributed by atoms with Crippen LogP contribution in [0.4, 0.5) is 10.1 Å². The van der Waals surface area contributed by atoms with E-state index in [1.807, 2.05) is 0 Å². The van der Waals surface area contributed by atoms with Crippen molar-refractivity contribution in [2.24, 2.45) is 0 Å². The van der Waals surface area contributed by atoms with E-state index in [4.69, 9.17) is 4.74 Å². The normalized spacial score (nSPS) is 10.1. The second kappa shape index (κ2) is 8.10. The molecule has 0 saturated carbocycles. The predicted molar refractivity (Wildman–Crippen MR) is 89.8 cm³/mol. The van der Waals surface area contributed by atoms with Gasteiger partial charge in [0.15, 0.2) is 0 Å². The van der Waals surface area contributed by atoms with Gasteiger partial charge in [-0.2, -0.15) is 0 Å². The van der Waals surface area contributed by atoms with Crippen LogP contribution in [0.25, 0.3) is 0 Å². The van der Waals surface area contributed by atoms with Crippen molar-refractivity contribution < 1.29 is 18.7 Å². The second-order valence-corrected chi connectivity index (χ2v) is 5.11. The molecular formula is C18H19FN2O3. The SMILES string of the molecule is COc1ccc(C(=O)NCCN(C(C)=O)c2ccccc2F)cc1. The van der Waals surface area contributed by atoms with Crippen LogP contribution in [0.1, 0.15) is 17.3 Å². The zero-order valence-electron chi connectivity index (χ0n) is 13.6. The lowest BCUT2D eigenvalue weighted by molar-refractivity contribution is -0.116. The van der Waals surface area contributed by atoms with Crippen LogP contribution in [0.5, 0.6) is 5.75 Å². The summed E-state index contributed by atoms with van der Waals surface area (Å²) in [6, 6.07) is 12.7. The van der Waals surface area contributed by atoms with Crippen LogP contribution in [0.15, 0.2) is 48.5 Å². The summed E-state index contributed by atoms with van der Waals surface area (Å²) < 4.78 is 18.9. The van der Waals surface area contributed by atoms with Gasteiger partial charge in [-0.25, -0.2) is 4.39 Å². The van der Waals surface area contributed by atoms with Crippen molar-refractivity contribution in [3.05, 3.63) is 59.9 Å². The molecule has 0 heterocycles. The molecule has 2 rings (SSSR count). The van der Waals surface area contributed by atoms with Crippen molar-refractivity contribution in [3.63, 3.8) is 0 Å². The van der Waals surface area contributed by atoms with Gasteiger partial charge in [0.2, 0.25) is 5.91 Å². The fourth-order valence-corrected chi connectivity index (χ4v) is 2.24. The van der Waals surface area contributed by atoms with Gasteiger partial charge in [0.05, 0.1) is 12.8 Å². The van der Waals surface area contributed by atoms with Crippen LogP contribution < -0.4 is 15.0 Å². The lowest BCUT2D eigenvalue weighted by Crippen LogP contribution is -2.38. The van der Waals surface area contributed by atoms with Gasteiger partial charge in [-0.3, -0.25) is 9.59 Å². The first-order chi connectivity index (χ1) is 11.5. The summed E-state index contributed by atoms with van der Waals surface area (Å²) in [7, 11) is 1.55. The van der Waals surface area contributed by atoms with E-state index in [2.05, 4.69) is 5.32 Å². The summed E-state index contributed by atoms with van der Waals surface area (Å²) in [5.74, 6) is -0.378. The minimum Gasteiger partial charge on any atom is -0.497 e. The molecule has 24 heavy (non-hydrogen) atoms. The number of amides is 2. The number of nitrogens with zero attached hydrogens (tertiary/aromatic N) is 1. The van der Waals surface area contributed by atoms with E-state index in [1.54, 1.807) is 43.5 Å². The number of nitrogens with one attached hydrogen (secondary N) is 1. The molecule has 1 N–H and O–H groups in total. The molecule has 5 nitrogen and oxygen atoms in total. The van der Waals surface area contributed by atoms with Crippen molar-refractivity contribution >= 4 is 17.5 Å². The van der Waals surface area contributed by atoms with Crippen molar-refractivity contribution in [1.82, 2.24) is 5.32 Å². The van der Waals surface area contributed by atoms with E-state index >= 15 is 0 Å². The van der Waals surface area contributed by atoms with Crippen LogP contribution in [0, 0.1) is 5.82 Å². The topological polar surface area (TPSA) is 58.6 Å². The van der Waals surface area contributed by atoms with Crippen molar-refractivity contribution in [2.75, 3.05) is 25.1 Å². The van der Waals surface area contributed by atoms with Gasteiger partial charge in [-0.15, -0.1) is 0 Å². The molecule has 2 aromatic carbocycles. The lowest BCUT2D eigenvalue weighted by atomic mass is 10.2. The Morgan fingerprint density at radius 1 is 1.12 bits per heavy atom. The molecule has 0 unspecified atom stereocenters. The van der Waals surface area contributed by atoms with E-state index in [0.29, 0.717) is 11.3 Å².